The van der Waals surface area contributed by atoms with E-state index in [0.717, 1.165) is 17.9 Å². The molecule has 4 aromatic carbocycles. The maximum atomic E-state index is 4.08. The molecule has 0 radical (unpaired) electrons. The highest BCUT2D eigenvalue weighted by molar-refractivity contribution is 7.19. The largest absolute Gasteiger partial charge is 1.00 e. The minimum atomic E-state index is -1.22. The van der Waals surface area contributed by atoms with Crippen LogP contribution in [0.5, 0.6) is 0 Å². The summed E-state index contributed by atoms with van der Waals surface area (Å²) in [6.45, 7) is 4.09. The first-order chi connectivity index (χ1) is 16.2. The van der Waals surface area contributed by atoms with Gasteiger partial charge >= 0.3 is 1.43 Å². The molecule has 2 nitrogen and oxygen atoms in total. The van der Waals surface area contributed by atoms with E-state index < -0.39 is 6.15 Å². The number of hydrogen-bond donors (Lipinski definition) is 1. The lowest BCUT2D eigenvalue weighted by atomic mass is 9.13. The fourth-order valence-corrected chi connectivity index (χ4v) is 4.77. The van der Waals surface area contributed by atoms with Gasteiger partial charge in [0.05, 0.1) is 0 Å². The standard InChI is InChI=1S/C24H20B.C6H10N2/c1-5-13-21(14-6-1)25(22-15-7-2-8-16-22,23-17-9-3-10-18-23)24-19-11-4-12-20-24;1-3-6-7-4-5(2)8-6/h1-20H;4H,3H2,1-2H3,(H,7,8)/q-1;/p+1. The van der Waals surface area contributed by atoms with E-state index in [1.165, 1.54) is 21.9 Å². The van der Waals surface area contributed by atoms with Gasteiger partial charge in [0, 0.05) is 18.3 Å². The molecule has 0 aliphatic carbocycles. The van der Waals surface area contributed by atoms with Crippen molar-refractivity contribution >= 4 is 28.0 Å². The normalized spacial score (nSPS) is 10.8. The number of benzene rings is 4. The topological polar surface area (TPSA) is 28.7 Å². The van der Waals surface area contributed by atoms with Crippen LogP contribution in [0.15, 0.2) is 128 Å². The summed E-state index contributed by atoms with van der Waals surface area (Å²) < 4.78 is 0. The number of rotatable bonds is 5. The van der Waals surface area contributed by atoms with Crippen LogP contribution in [0.4, 0.5) is 0 Å². The van der Waals surface area contributed by atoms with Crippen molar-refractivity contribution in [1.82, 2.24) is 9.97 Å². The van der Waals surface area contributed by atoms with Crippen LogP contribution >= 0.6 is 0 Å². The van der Waals surface area contributed by atoms with Crippen LogP contribution in [-0.2, 0) is 6.42 Å². The van der Waals surface area contributed by atoms with E-state index in [2.05, 4.69) is 138 Å². The summed E-state index contributed by atoms with van der Waals surface area (Å²) in [6.07, 6.45) is 1.62. The Hall–Kier alpha value is -3.85. The predicted molar refractivity (Wildman–Crippen MR) is 144 cm³/mol. The Morgan fingerprint density at radius 2 is 0.939 bits per heavy atom. The van der Waals surface area contributed by atoms with Gasteiger partial charge in [-0.15, -0.1) is 0 Å². The molecule has 0 atom stereocenters. The van der Waals surface area contributed by atoms with Gasteiger partial charge in [-0.2, -0.15) is 21.9 Å². The van der Waals surface area contributed by atoms with Gasteiger partial charge in [-0.25, -0.2) is 4.98 Å². The molecule has 1 aromatic heterocycles. The van der Waals surface area contributed by atoms with Gasteiger partial charge in [0.15, 0.2) is 0 Å². The van der Waals surface area contributed by atoms with Gasteiger partial charge in [0.1, 0.15) is 12.0 Å². The number of aryl methyl sites for hydroxylation is 2. The molecule has 0 amide bonds. The van der Waals surface area contributed by atoms with E-state index in [-0.39, 0.29) is 1.43 Å². The number of nitrogens with one attached hydrogen (secondary N) is 1. The first-order valence-corrected chi connectivity index (χ1v) is 11.6. The molecule has 33 heavy (non-hydrogen) atoms. The van der Waals surface area contributed by atoms with Crippen molar-refractivity contribution in [3.63, 3.8) is 0 Å². The second kappa shape index (κ2) is 10.6. The van der Waals surface area contributed by atoms with E-state index in [9.17, 15) is 0 Å². The third-order valence-corrected chi connectivity index (χ3v) is 6.29. The highest BCUT2D eigenvalue weighted by Crippen LogP contribution is 2.09. The third kappa shape index (κ3) is 4.83. The SMILES string of the molecule is CCc1ncc(C)[nH]1.[H+].c1ccc([B-](c2ccccc2)(c2ccccc2)c2ccccc2)cc1. The van der Waals surface area contributed by atoms with Crippen LogP contribution < -0.4 is 21.9 Å². The molecule has 5 aromatic rings. The van der Waals surface area contributed by atoms with Crippen LogP contribution in [-0.4, -0.2) is 16.1 Å². The summed E-state index contributed by atoms with van der Waals surface area (Å²) >= 11 is 0. The summed E-state index contributed by atoms with van der Waals surface area (Å²) in [4.78, 5) is 7.19. The predicted octanol–water partition coefficient (Wildman–Crippen LogP) is 4.46. The summed E-state index contributed by atoms with van der Waals surface area (Å²) in [6, 6.07) is 43.5. The smallest absolute Gasteiger partial charge is 0.346 e. The zero-order chi connectivity index (χ0) is 22.9. The first kappa shape index (κ1) is 22.4. The van der Waals surface area contributed by atoms with Crippen LogP contribution in [0, 0.1) is 6.92 Å². The number of aromatic nitrogens is 2. The van der Waals surface area contributed by atoms with Crippen molar-refractivity contribution < 1.29 is 1.43 Å². The van der Waals surface area contributed by atoms with Crippen molar-refractivity contribution in [3.05, 3.63) is 139 Å². The molecular formula is C30H31BN2. The summed E-state index contributed by atoms with van der Waals surface area (Å²) in [5, 5.41) is 0. The maximum Gasteiger partial charge on any atom is 1.00 e. The number of hydrogen-bond acceptors (Lipinski definition) is 1. The lowest BCUT2D eigenvalue weighted by molar-refractivity contribution is 0.982. The van der Waals surface area contributed by atoms with Crippen molar-refractivity contribution in [2.75, 3.05) is 0 Å². The fourth-order valence-electron chi connectivity index (χ4n) is 4.77. The molecule has 0 saturated carbocycles. The highest BCUT2D eigenvalue weighted by Gasteiger charge is 2.30. The molecular weight excluding hydrogens is 399 g/mol. The highest BCUT2D eigenvalue weighted by atomic mass is 14.9. The van der Waals surface area contributed by atoms with Gasteiger partial charge in [-0.3, -0.25) is 0 Å². The minimum Gasteiger partial charge on any atom is -0.346 e. The van der Waals surface area contributed by atoms with Crippen molar-refractivity contribution in [1.29, 1.82) is 0 Å². The van der Waals surface area contributed by atoms with Gasteiger partial charge in [0.25, 0.3) is 0 Å². The van der Waals surface area contributed by atoms with E-state index in [1.807, 2.05) is 13.1 Å². The molecule has 0 aliphatic rings. The van der Waals surface area contributed by atoms with E-state index >= 15 is 0 Å². The van der Waals surface area contributed by atoms with E-state index in [0.29, 0.717) is 0 Å². The molecule has 0 fully saturated rings. The number of H-pyrrole nitrogens is 1. The minimum absolute atomic E-state index is 0. The number of aromatic amines is 1. The Labute approximate surface area is 198 Å². The molecule has 0 bridgehead atoms. The lowest BCUT2D eigenvalue weighted by Gasteiger charge is -2.44. The maximum absolute atomic E-state index is 4.08. The summed E-state index contributed by atoms with van der Waals surface area (Å²) in [5.41, 5.74) is 6.50. The third-order valence-electron chi connectivity index (χ3n) is 6.29. The van der Waals surface area contributed by atoms with Crippen LogP contribution in [0.2, 0.25) is 0 Å². The molecule has 0 unspecified atom stereocenters. The quantitative estimate of drug-likeness (QED) is 0.410. The molecule has 3 heteroatoms. The van der Waals surface area contributed by atoms with Crippen LogP contribution in [0.3, 0.4) is 0 Å². The molecule has 5 rings (SSSR count). The Morgan fingerprint density at radius 3 is 1.15 bits per heavy atom. The van der Waals surface area contributed by atoms with Crippen molar-refractivity contribution in [2.45, 2.75) is 20.3 Å². The van der Waals surface area contributed by atoms with Crippen LogP contribution in [0.1, 0.15) is 19.9 Å². The molecule has 164 valence electrons. The van der Waals surface area contributed by atoms with Gasteiger partial charge < -0.3 is 4.98 Å². The summed E-state index contributed by atoms with van der Waals surface area (Å²) in [7, 11) is 0. The average Bonchev–Trinajstić information content (AvgIpc) is 3.33. The van der Waals surface area contributed by atoms with Gasteiger partial charge in [-0.1, -0.05) is 128 Å². The average molecular weight is 430 g/mol. The Bertz CT molecular complexity index is 1080. The molecule has 1 N–H and O–H groups in total. The molecule has 0 aliphatic heterocycles. The number of nitrogens with zero attached hydrogens (tertiary/aromatic N) is 1. The molecule has 0 saturated heterocycles. The molecule has 1 heterocycles. The number of imidazole rings is 1. The Balaban J connectivity index is 0.000000308. The van der Waals surface area contributed by atoms with Gasteiger partial charge in [0.2, 0.25) is 0 Å². The van der Waals surface area contributed by atoms with Gasteiger partial charge in [-0.05, 0) is 6.92 Å². The second-order valence-electron chi connectivity index (χ2n) is 8.38. The fraction of sp³-hybridized carbons (Fsp3) is 0.100. The van der Waals surface area contributed by atoms with E-state index in [1.54, 1.807) is 0 Å². The zero-order valence-corrected chi connectivity index (χ0v) is 19.4. The van der Waals surface area contributed by atoms with Crippen molar-refractivity contribution in [2.24, 2.45) is 0 Å². The van der Waals surface area contributed by atoms with E-state index in [4.69, 9.17) is 0 Å². The Kier molecular flexibility index (Phi) is 7.21. The first-order valence-electron chi connectivity index (χ1n) is 11.6. The second-order valence-corrected chi connectivity index (χ2v) is 8.38. The van der Waals surface area contributed by atoms with Crippen molar-refractivity contribution in [3.8, 4) is 0 Å². The van der Waals surface area contributed by atoms with Crippen LogP contribution in [0.25, 0.3) is 0 Å². The Morgan fingerprint density at radius 1 is 0.606 bits per heavy atom. The monoisotopic (exact) mass is 430 g/mol. The lowest BCUT2D eigenvalue weighted by Crippen LogP contribution is -2.74. The molecule has 0 spiro atoms. The summed E-state index contributed by atoms with van der Waals surface area (Å²) in [5.74, 6) is 1.07. The zero-order valence-electron chi connectivity index (χ0n) is 20.4.